The average molecular weight is 407 g/mol. The number of aliphatic imine (C=N–C) groups is 1. The number of guanidine groups is 1. The summed E-state index contributed by atoms with van der Waals surface area (Å²) in [5.74, 6) is 0.889. The van der Waals surface area contributed by atoms with E-state index in [1.54, 1.807) is 0 Å². The Kier molecular flexibility index (Phi) is 11.0. The van der Waals surface area contributed by atoms with Gasteiger partial charge >= 0.3 is 0 Å². The fourth-order valence-electron chi connectivity index (χ4n) is 1.64. The Balaban J connectivity index is 0.00000361. The molecular formula is C15H26IN3S. The van der Waals surface area contributed by atoms with E-state index < -0.39 is 0 Å². The topological polar surface area (TPSA) is 36.4 Å². The lowest BCUT2D eigenvalue weighted by Crippen LogP contribution is -2.39. The Morgan fingerprint density at radius 1 is 1.25 bits per heavy atom. The summed E-state index contributed by atoms with van der Waals surface area (Å²) >= 11 is 1.84. The van der Waals surface area contributed by atoms with Gasteiger partial charge in [-0.25, -0.2) is 0 Å². The molecule has 0 aliphatic rings. The smallest absolute Gasteiger partial charge is 0.191 e. The minimum absolute atomic E-state index is 0. The van der Waals surface area contributed by atoms with E-state index >= 15 is 0 Å². The number of hydrogen-bond acceptors (Lipinski definition) is 2. The van der Waals surface area contributed by atoms with Crippen molar-refractivity contribution in [1.82, 2.24) is 10.6 Å². The molecule has 0 fully saturated rings. The maximum atomic E-state index is 4.62. The van der Waals surface area contributed by atoms with Crippen molar-refractivity contribution in [2.75, 3.05) is 19.3 Å². The van der Waals surface area contributed by atoms with Gasteiger partial charge in [-0.05, 0) is 25.7 Å². The molecule has 1 aromatic rings. The van der Waals surface area contributed by atoms with Crippen LogP contribution in [-0.4, -0.2) is 30.6 Å². The lowest BCUT2D eigenvalue weighted by Gasteiger charge is -2.18. The molecule has 0 spiro atoms. The van der Waals surface area contributed by atoms with E-state index in [2.05, 4.69) is 66.9 Å². The van der Waals surface area contributed by atoms with Crippen LogP contribution in [0.3, 0.4) is 0 Å². The lowest BCUT2D eigenvalue weighted by molar-refractivity contribution is 0.686. The van der Waals surface area contributed by atoms with Crippen molar-refractivity contribution in [2.45, 2.75) is 32.1 Å². The van der Waals surface area contributed by atoms with Crippen molar-refractivity contribution in [3.63, 3.8) is 0 Å². The van der Waals surface area contributed by atoms with Crippen molar-refractivity contribution in [2.24, 2.45) is 4.99 Å². The molecule has 0 radical (unpaired) electrons. The van der Waals surface area contributed by atoms with Crippen LogP contribution in [-0.2, 0) is 0 Å². The summed E-state index contributed by atoms with van der Waals surface area (Å²) in [6.07, 6.45) is 2.12. The van der Waals surface area contributed by atoms with Gasteiger partial charge in [-0.3, -0.25) is 4.99 Å². The summed E-state index contributed by atoms with van der Waals surface area (Å²) in [6, 6.07) is 10.7. The van der Waals surface area contributed by atoms with Crippen molar-refractivity contribution < 1.29 is 0 Å². The standard InChI is InChI=1S/C15H25N3S.HI/c1-5-16-15(17-11-12(2)19-4)18-13(3)14-9-7-6-8-10-14;/h6-10,12-13H,5,11H2,1-4H3,(H2,16,17,18);1H. The zero-order chi connectivity index (χ0) is 14.1. The molecule has 5 heteroatoms. The van der Waals surface area contributed by atoms with Crippen molar-refractivity contribution in [3.8, 4) is 0 Å². The molecule has 0 bridgehead atoms. The third-order valence-electron chi connectivity index (χ3n) is 2.91. The van der Waals surface area contributed by atoms with Crippen LogP contribution in [0.2, 0.25) is 0 Å². The highest BCUT2D eigenvalue weighted by Crippen LogP contribution is 2.11. The lowest BCUT2D eigenvalue weighted by atomic mass is 10.1. The molecule has 0 aliphatic carbocycles. The summed E-state index contributed by atoms with van der Waals surface area (Å²) in [6.45, 7) is 8.14. The van der Waals surface area contributed by atoms with Crippen LogP contribution in [0.1, 0.15) is 32.4 Å². The Labute approximate surface area is 144 Å². The van der Waals surface area contributed by atoms with Gasteiger partial charge in [0.25, 0.3) is 0 Å². The van der Waals surface area contributed by atoms with E-state index in [4.69, 9.17) is 0 Å². The SMILES string of the molecule is CCNC(=NCC(C)SC)NC(C)c1ccccc1.I. The third-order valence-corrected chi connectivity index (χ3v) is 3.86. The molecule has 2 atom stereocenters. The molecule has 3 nitrogen and oxygen atoms in total. The quantitative estimate of drug-likeness (QED) is 0.429. The molecule has 114 valence electrons. The number of halogens is 1. The number of nitrogens with zero attached hydrogens (tertiary/aromatic N) is 1. The molecule has 2 unspecified atom stereocenters. The van der Waals surface area contributed by atoms with Crippen LogP contribution in [0, 0.1) is 0 Å². The van der Waals surface area contributed by atoms with Crippen LogP contribution in [0.25, 0.3) is 0 Å². The molecule has 0 heterocycles. The molecule has 0 aliphatic heterocycles. The Morgan fingerprint density at radius 3 is 2.45 bits per heavy atom. The molecule has 0 amide bonds. The number of benzene rings is 1. The summed E-state index contributed by atoms with van der Waals surface area (Å²) in [7, 11) is 0. The molecular weight excluding hydrogens is 381 g/mol. The Bertz CT molecular complexity index is 384. The van der Waals surface area contributed by atoms with Gasteiger partial charge < -0.3 is 10.6 Å². The molecule has 0 saturated carbocycles. The second-order valence-corrected chi connectivity index (χ2v) is 5.82. The highest BCUT2D eigenvalue weighted by molar-refractivity contribution is 14.0. The predicted octanol–water partition coefficient (Wildman–Crippen LogP) is 3.67. The molecule has 1 aromatic carbocycles. The Morgan fingerprint density at radius 2 is 1.90 bits per heavy atom. The van der Waals surface area contributed by atoms with Crippen LogP contribution in [0.5, 0.6) is 0 Å². The fourth-order valence-corrected chi connectivity index (χ4v) is 1.87. The maximum absolute atomic E-state index is 4.62. The van der Waals surface area contributed by atoms with Gasteiger partial charge in [-0.15, -0.1) is 24.0 Å². The number of nitrogens with one attached hydrogen (secondary N) is 2. The predicted molar refractivity (Wildman–Crippen MR) is 102 cm³/mol. The van der Waals surface area contributed by atoms with Crippen LogP contribution in [0.4, 0.5) is 0 Å². The molecule has 20 heavy (non-hydrogen) atoms. The van der Waals surface area contributed by atoms with Gasteiger partial charge in [0.05, 0.1) is 12.6 Å². The second-order valence-electron chi connectivity index (χ2n) is 4.54. The van der Waals surface area contributed by atoms with Gasteiger partial charge in [-0.2, -0.15) is 11.8 Å². The van der Waals surface area contributed by atoms with E-state index in [9.17, 15) is 0 Å². The van der Waals surface area contributed by atoms with Gasteiger partial charge in [0.2, 0.25) is 0 Å². The molecule has 0 saturated heterocycles. The zero-order valence-corrected chi connectivity index (χ0v) is 15.9. The molecule has 2 N–H and O–H groups in total. The first-order chi connectivity index (χ1) is 9.17. The van der Waals surface area contributed by atoms with E-state index in [1.165, 1.54) is 5.56 Å². The normalized spacial score (nSPS) is 14.1. The van der Waals surface area contributed by atoms with Gasteiger partial charge in [-0.1, -0.05) is 37.3 Å². The summed E-state index contributed by atoms with van der Waals surface area (Å²) in [5.41, 5.74) is 1.27. The first-order valence-electron chi connectivity index (χ1n) is 6.80. The van der Waals surface area contributed by atoms with E-state index in [1.807, 2.05) is 17.8 Å². The number of rotatable bonds is 6. The van der Waals surface area contributed by atoms with Crippen molar-refractivity contribution in [1.29, 1.82) is 0 Å². The molecule has 0 aromatic heterocycles. The second kappa shape index (κ2) is 11.3. The summed E-state index contributed by atoms with van der Waals surface area (Å²) in [4.78, 5) is 4.62. The van der Waals surface area contributed by atoms with E-state index in [0.29, 0.717) is 5.25 Å². The van der Waals surface area contributed by atoms with Crippen LogP contribution >= 0.6 is 35.7 Å². The summed E-state index contributed by atoms with van der Waals surface area (Å²) < 4.78 is 0. The van der Waals surface area contributed by atoms with Crippen molar-refractivity contribution >= 4 is 41.7 Å². The van der Waals surface area contributed by atoms with Gasteiger partial charge in [0, 0.05) is 11.8 Å². The van der Waals surface area contributed by atoms with E-state index in [-0.39, 0.29) is 30.0 Å². The number of hydrogen-bond donors (Lipinski definition) is 2. The number of thioether (sulfide) groups is 1. The maximum Gasteiger partial charge on any atom is 0.191 e. The van der Waals surface area contributed by atoms with Gasteiger partial charge in [0.1, 0.15) is 0 Å². The van der Waals surface area contributed by atoms with E-state index in [0.717, 1.165) is 19.0 Å². The first-order valence-corrected chi connectivity index (χ1v) is 8.08. The van der Waals surface area contributed by atoms with Crippen LogP contribution < -0.4 is 10.6 Å². The fraction of sp³-hybridized carbons (Fsp3) is 0.533. The summed E-state index contributed by atoms with van der Waals surface area (Å²) in [5, 5.41) is 7.28. The third kappa shape index (κ3) is 7.38. The average Bonchev–Trinajstić information content (AvgIpc) is 2.45. The van der Waals surface area contributed by atoms with Gasteiger partial charge in [0.15, 0.2) is 5.96 Å². The van der Waals surface area contributed by atoms with Crippen LogP contribution in [0.15, 0.2) is 35.3 Å². The monoisotopic (exact) mass is 407 g/mol. The highest BCUT2D eigenvalue weighted by atomic mass is 127. The Hall–Kier alpha value is -0.430. The minimum Gasteiger partial charge on any atom is -0.357 e. The largest absolute Gasteiger partial charge is 0.357 e. The highest BCUT2D eigenvalue weighted by Gasteiger charge is 2.07. The minimum atomic E-state index is 0. The zero-order valence-electron chi connectivity index (χ0n) is 12.7. The molecule has 1 rings (SSSR count). The van der Waals surface area contributed by atoms with Crippen molar-refractivity contribution in [3.05, 3.63) is 35.9 Å². The first kappa shape index (κ1) is 19.6.